The zero-order valence-corrected chi connectivity index (χ0v) is 13.0. The normalized spacial score (nSPS) is 16.9. The summed E-state index contributed by atoms with van der Waals surface area (Å²) in [6.07, 6.45) is -2.72. The standard InChI is InChI=1S/C13H15BrF3N3O/c1-18-11-10(6-9(14)7-19-11)12(21)20-4-2-8(3-5-20)13(15,16)17/h6-8H,2-5H2,1H3,(H,18,19). The van der Waals surface area contributed by atoms with E-state index >= 15 is 0 Å². The van der Waals surface area contributed by atoms with Crippen molar-refractivity contribution in [3.05, 3.63) is 22.3 Å². The highest BCUT2D eigenvalue weighted by Gasteiger charge is 2.41. The molecule has 1 aliphatic heterocycles. The van der Waals surface area contributed by atoms with Crippen LogP contribution in [0.3, 0.4) is 0 Å². The monoisotopic (exact) mass is 365 g/mol. The third-order valence-corrected chi connectivity index (χ3v) is 4.00. The Balaban J connectivity index is 2.11. The van der Waals surface area contributed by atoms with Gasteiger partial charge in [0.1, 0.15) is 5.82 Å². The number of rotatable bonds is 2. The van der Waals surface area contributed by atoms with E-state index in [9.17, 15) is 18.0 Å². The minimum absolute atomic E-state index is 0.0500. The number of nitrogens with one attached hydrogen (secondary N) is 1. The van der Waals surface area contributed by atoms with E-state index in [1.54, 1.807) is 19.3 Å². The predicted molar refractivity (Wildman–Crippen MR) is 76.2 cm³/mol. The van der Waals surface area contributed by atoms with Gasteiger partial charge in [-0.2, -0.15) is 13.2 Å². The molecule has 1 aromatic rings. The van der Waals surface area contributed by atoms with Gasteiger partial charge in [-0.15, -0.1) is 0 Å². The number of pyridine rings is 1. The Morgan fingerprint density at radius 3 is 2.57 bits per heavy atom. The van der Waals surface area contributed by atoms with Crippen LogP contribution in [0.15, 0.2) is 16.7 Å². The molecule has 0 saturated carbocycles. The topological polar surface area (TPSA) is 45.2 Å². The molecule has 4 nitrogen and oxygen atoms in total. The first-order chi connectivity index (χ1) is 9.82. The predicted octanol–water partition coefficient (Wildman–Crippen LogP) is 3.30. The minimum atomic E-state index is -4.18. The molecule has 1 N–H and O–H groups in total. The van der Waals surface area contributed by atoms with E-state index in [0.29, 0.717) is 15.9 Å². The van der Waals surface area contributed by atoms with Crippen LogP contribution in [0, 0.1) is 5.92 Å². The van der Waals surface area contributed by atoms with E-state index in [1.807, 2.05) is 0 Å². The zero-order valence-electron chi connectivity index (χ0n) is 11.4. The zero-order chi connectivity index (χ0) is 15.6. The SMILES string of the molecule is CNc1ncc(Br)cc1C(=O)N1CCC(C(F)(F)F)CC1. The van der Waals surface area contributed by atoms with E-state index in [2.05, 4.69) is 26.2 Å². The van der Waals surface area contributed by atoms with Gasteiger partial charge in [-0.1, -0.05) is 0 Å². The smallest absolute Gasteiger partial charge is 0.372 e. The first kappa shape index (κ1) is 16.1. The largest absolute Gasteiger partial charge is 0.391 e. The van der Waals surface area contributed by atoms with Crippen LogP contribution in [0.2, 0.25) is 0 Å². The van der Waals surface area contributed by atoms with Crippen LogP contribution < -0.4 is 5.32 Å². The lowest BCUT2D eigenvalue weighted by Crippen LogP contribution is -2.42. The Morgan fingerprint density at radius 1 is 1.43 bits per heavy atom. The van der Waals surface area contributed by atoms with Crippen LogP contribution in [0.1, 0.15) is 23.2 Å². The van der Waals surface area contributed by atoms with Crippen LogP contribution in [0.25, 0.3) is 0 Å². The Hall–Kier alpha value is -1.31. The molecule has 0 bridgehead atoms. The summed E-state index contributed by atoms with van der Waals surface area (Å²) in [6.45, 7) is 0.220. The van der Waals surface area contributed by atoms with Gasteiger partial charge < -0.3 is 10.2 Å². The number of hydrogen-bond donors (Lipinski definition) is 1. The van der Waals surface area contributed by atoms with Crippen molar-refractivity contribution in [2.24, 2.45) is 5.92 Å². The van der Waals surface area contributed by atoms with Gasteiger partial charge in [-0.25, -0.2) is 4.98 Å². The molecule has 1 fully saturated rings. The van der Waals surface area contributed by atoms with Crippen LogP contribution in [0.4, 0.5) is 19.0 Å². The summed E-state index contributed by atoms with van der Waals surface area (Å²) < 4.78 is 38.6. The molecular formula is C13H15BrF3N3O. The summed E-state index contributed by atoms with van der Waals surface area (Å²) in [5.41, 5.74) is 0.359. The Labute approximate surface area is 128 Å². The van der Waals surface area contributed by atoms with Crippen molar-refractivity contribution >= 4 is 27.7 Å². The highest BCUT2D eigenvalue weighted by molar-refractivity contribution is 9.10. The number of likely N-dealkylation sites (tertiary alicyclic amines) is 1. The van der Waals surface area contributed by atoms with E-state index in [0.717, 1.165) is 0 Å². The molecule has 116 valence electrons. The number of carbonyl (C=O) groups excluding carboxylic acids is 1. The van der Waals surface area contributed by atoms with Crippen molar-refractivity contribution in [2.75, 3.05) is 25.5 Å². The first-order valence-corrected chi connectivity index (χ1v) is 7.31. The number of hydrogen-bond acceptors (Lipinski definition) is 3. The average molecular weight is 366 g/mol. The van der Waals surface area contributed by atoms with Crippen molar-refractivity contribution in [3.63, 3.8) is 0 Å². The molecule has 0 aromatic carbocycles. The van der Waals surface area contributed by atoms with Crippen LogP contribution in [-0.4, -0.2) is 42.1 Å². The minimum Gasteiger partial charge on any atom is -0.372 e. The highest BCUT2D eigenvalue weighted by atomic mass is 79.9. The van der Waals surface area contributed by atoms with E-state index in [-0.39, 0.29) is 31.8 Å². The molecule has 1 saturated heterocycles. The number of alkyl halides is 3. The number of piperidine rings is 1. The van der Waals surface area contributed by atoms with Gasteiger partial charge in [0.2, 0.25) is 0 Å². The molecular weight excluding hydrogens is 351 g/mol. The number of halogens is 4. The van der Waals surface area contributed by atoms with Gasteiger partial charge in [0, 0.05) is 30.8 Å². The third-order valence-electron chi connectivity index (χ3n) is 3.57. The second-order valence-corrected chi connectivity index (χ2v) is 5.82. The summed E-state index contributed by atoms with van der Waals surface area (Å²) in [5.74, 6) is -1.19. The number of nitrogens with zero attached hydrogens (tertiary/aromatic N) is 2. The fraction of sp³-hybridized carbons (Fsp3) is 0.538. The second-order valence-electron chi connectivity index (χ2n) is 4.91. The quantitative estimate of drug-likeness (QED) is 0.874. The summed E-state index contributed by atoms with van der Waals surface area (Å²) >= 11 is 3.24. The summed E-state index contributed by atoms with van der Waals surface area (Å²) in [4.78, 5) is 18.0. The average Bonchev–Trinajstić information content (AvgIpc) is 2.45. The van der Waals surface area contributed by atoms with E-state index in [1.165, 1.54) is 4.90 Å². The van der Waals surface area contributed by atoms with Gasteiger partial charge in [-0.05, 0) is 34.8 Å². The van der Waals surface area contributed by atoms with Crippen molar-refractivity contribution in [1.82, 2.24) is 9.88 Å². The maximum Gasteiger partial charge on any atom is 0.391 e. The fourth-order valence-corrected chi connectivity index (χ4v) is 2.71. The van der Waals surface area contributed by atoms with Gasteiger partial charge in [0.15, 0.2) is 0 Å². The van der Waals surface area contributed by atoms with E-state index in [4.69, 9.17) is 0 Å². The summed E-state index contributed by atoms with van der Waals surface area (Å²) in [5, 5.41) is 2.82. The molecule has 0 radical (unpaired) electrons. The maximum absolute atomic E-state index is 12.6. The molecule has 0 atom stereocenters. The number of carbonyl (C=O) groups is 1. The first-order valence-electron chi connectivity index (χ1n) is 6.52. The summed E-state index contributed by atoms with van der Waals surface area (Å²) in [7, 11) is 1.64. The Bertz CT molecular complexity index is 528. The molecule has 1 amide bonds. The van der Waals surface area contributed by atoms with Gasteiger partial charge in [0.25, 0.3) is 5.91 Å². The van der Waals surface area contributed by atoms with Crippen molar-refractivity contribution < 1.29 is 18.0 Å². The maximum atomic E-state index is 12.6. The number of aromatic nitrogens is 1. The summed E-state index contributed by atoms with van der Waals surface area (Å²) in [6, 6.07) is 1.62. The second kappa shape index (κ2) is 6.21. The van der Waals surface area contributed by atoms with Crippen LogP contribution >= 0.6 is 15.9 Å². The molecule has 21 heavy (non-hydrogen) atoms. The molecule has 0 unspecified atom stereocenters. The molecule has 2 heterocycles. The van der Waals surface area contributed by atoms with Gasteiger partial charge >= 0.3 is 6.18 Å². The lowest BCUT2D eigenvalue weighted by atomic mass is 9.96. The molecule has 1 aliphatic rings. The van der Waals surface area contributed by atoms with E-state index < -0.39 is 12.1 Å². The fourth-order valence-electron chi connectivity index (χ4n) is 2.38. The molecule has 2 rings (SSSR count). The molecule has 0 aliphatic carbocycles. The van der Waals surface area contributed by atoms with Crippen molar-refractivity contribution in [2.45, 2.75) is 19.0 Å². The van der Waals surface area contributed by atoms with Crippen LogP contribution in [0.5, 0.6) is 0 Å². The lowest BCUT2D eigenvalue weighted by molar-refractivity contribution is -0.183. The molecule has 8 heteroatoms. The Morgan fingerprint density at radius 2 is 2.05 bits per heavy atom. The molecule has 0 spiro atoms. The van der Waals surface area contributed by atoms with Crippen molar-refractivity contribution in [3.8, 4) is 0 Å². The number of anilines is 1. The lowest BCUT2D eigenvalue weighted by Gasteiger charge is -2.33. The van der Waals surface area contributed by atoms with Gasteiger partial charge in [0.05, 0.1) is 11.5 Å². The van der Waals surface area contributed by atoms with Crippen LogP contribution in [-0.2, 0) is 0 Å². The number of amides is 1. The highest BCUT2D eigenvalue weighted by Crippen LogP contribution is 2.34. The Kier molecular flexibility index (Phi) is 4.75. The van der Waals surface area contributed by atoms with Crippen molar-refractivity contribution in [1.29, 1.82) is 0 Å². The van der Waals surface area contributed by atoms with Gasteiger partial charge in [-0.3, -0.25) is 4.79 Å². The molecule has 1 aromatic heterocycles. The third kappa shape index (κ3) is 3.66.